The van der Waals surface area contributed by atoms with Crippen molar-refractivity contribution < 1.29 is 0 Å². The highest BCUT2D eigenvalue weighted by Crippen LogP contribution is 2.31. The van der Waals surface area contributed by atoms with Crippen LogP contribution in [-0.2, 0) is 6.42 Å². The van der Waals surface area contributed by atoms with Crippen molar-refractivity contribution in [1.82, 2.24) is 0 Å². The number of rotatable bonds is 4. The number of nitrogens with two attached hydrogens (primary N) is 1. The van der Waals surface area contributed by atoms with Gasteiger partial charge < -0.3 is 10.6 Å². The molecule has 1 fully saturated rings. The van der Waals surface area contributed by atoms with E-state index >= 15 is 0 Å². The Kier molecular flexibility index (Phi) is 5.53. The van der Waals surface area contributed by atoms with Gasteiger partial charge in [-0.2, -0.15) is 0 Å². The van der Waals surface area contributed by atoms with E-state index in [0.29, 0.717) is 12.6 Å². The lowest BCUT2D eigenvalue weighted by Crippen LogP contribution is -2.32. The molecule has 0 unspecified atom stereocenters. The van der Waals surface area contributed by atoms with Gasteiger partial charge in [-0.3, -0.25) is 0 Å². The number of anilines is 1. The van der Waals surface area contributed by atoms with Crippen LogP contribution in [0.3, 0.4) is 0 Å². The van der Waals surface area contributed by atoms with Gasteiger partial charge >= 0.3 is 0 Å². The van der Waals surface area contributed by atoms with Gasteiger partial charge in [-0.25, -0.2) is 0 Å². The molecule has 106 valence electrons. The van der Waals surface area contributed by atoms with Gasteiger partial charge in [0.15, 0.2) is 0 Å². The van der Waals surface area contributed by atoms with Crippen LogP contribution in [0, 0.1) is 0 Å². The Morgan fingerprint density at radius 3 is 2.53 bits per heavy atom. The highest BCUT2D eigenvalue weighted by Gasteiger charge is 2.19. The molecule has 0 aliphatic heterocycles. The number of hydrogen-bond donors (Lipinski definition) is 1. The molecule has 0 bridgehead atoms. The molecule has 0 radical (unpaired) electrons. The Morgan fingerprint density at radius 2 is 1.89 bits per heavy atom. The SMILES string of the molecule is CN(c1cccc(Cl)c1CCN)C1CCCCCC1. The van der Waals surface area contributed by atoms with E-state index in [1.807, 2.05) is 12.1 Å². The number of hydrogen-bond acceptors (Lipinski definition) is 2. The van der Waals surface area contributed by atoms with Gasteiger partial charge in [-0.15, -0.1) is 0 Å². The van der Waals surface area contributed by atoms with Crippen LogP contribution in [0.5, 0.6) is 0 Å². The van der Waals surface area contributed by atoms with Crippen LogP contribution in [0.2, 0.25) is 5.02 Å². The molecule has 19 heavy (non-hydrogen) atoms. The standard InChI is InChI=1S/C16H25ClN2/c1-19(13-7-4-2-3-5-8-13)16-10-6-9-15(17)14(16)11-12-18/h6,9-10,13H,2-5,7-8,11-12,18H2,1H3. The second kappa shape index (κ2) is 7.16. The fraction of sp³-hybridized carbons (Fsp3) is 0.625. The van der Waals surface area contributed by atoms with Gasteiger partial charge in [-0.1, -0.05) is 43.4 Å². The first-order chi connectivity index (χ1) is 9.24. The predicted molar refractivity (Wildman–Crippen MR) is 84.1 cm³/mol. The second-order valence-corrected chi connectivity index (χ2v) is 5.94. The third-order valence-corrected chi connectivity index (χ3v) is 4.59. The maximum atomic E-state index is 6.34. The molecule has 0 spiro atoms. The summed E-state index contributed by atoms with van der Waals surface area (Å²) in [5, 5.41) is 0.850. The smallest absolute Gasteiger partial charge is 0.0459 e. The van der Waals surface area contributed by atoms with Gasteiger partial charge in [0.05, 0.1) is 0 Å². The van der Waals surface area contributed by atoms with E-state index in [2.05, 4.69) is 18.0 Å². The molecule has 0 amide bonds. The van der Waals surface area contributed by atoms with Crippen molar-refractivity contribution >= 4 is 17.3 Å². The molecule has 1 aliphatic carbocycles. The largest absolute Gasteiger partial charge is 0.371 e. The number of nitrogens with zero attached hydrogens (tertiary/aromatic N) is 1. The first-order valence-electron chi connectivity index (χ1n) is 7.44. The summed E-state index contributed by atoms with van der Waals surface area (Å²) in [7, 11) is 2.21. The van der Waals surface area contributed by atoms with Crippen LogP contribution in [-0.4, -0.2) is 19.6 Å². The van der Waals surface area contributed by atoms with Crippen molar-refractivity contribution in [1.29, 1.82) is 0 Å². The van der Waals surface area contributed by atoms with E-state index in [1.165, 1.54) is 49.8 Å². The maximum Gasteiger partial charge on any atom is 0.0459 e. The lowest BCUT2D eigenvalue weighted by atomic mass is 10.0. The fourth-order valence-electron chi connectivity index (χ4n) is 3.11. The summed E-state index contributed by atoms with van der Waals surface area (Å²) in [5.74, 6) is 0. The van der Waals surface area contributed by atoms with Gasteiger partial charge in [0, 0.05) is 23.8 Å². The van der Waals surface area contributed by atoms with Crippen LogP contribution in [0.1, 0.15) is 44.1 Å². The van der Waals surface area contributed by atoms with Crippen LogP contribution >= 0.6 is 11.6 Å². The third-order valence-electron chi connectivity index (χ3n) is 4.24. The van der Waals surface area contributed by atoms with Crippen molar-refractivity contribution in [2.75, 3.05) is 18.5 Å². The minimum atomic E-state index is 0.648. The van der Waals surface area contributed by atoms with Gasteiger partial charge in [0.25, 0.3) is 0 Å². The summed E-state index contributed by atoms with van der Waals surface area (Å²) in [6.45, 7) is 0.648. The van der Waals surface area contributed by atoms with Crippen molar-refractivity contribution in [3.05, 3.63) is 28.8 Å². The average Bonchev–Trinajstić information content (AvgIpc) is 2.69. The summed E-state index contributed by atoms with van der Waals surface area (Å²) < 4.78 is 0. The van der Waals surface area contributed by atoms with Gasteiger partial charge in [0.2, 0.25) is 0 Å². The highest BCUT2D eigenvalue weighted by atomic mass is 35.5. The topological polar surface area (TPSA) is 29.3 Å². The first kappa shape index (κ1) is 14.7. The van der Waals surface area contributed by atoms with Crippen molar-refractivity contribution in [2.45, 2.75) is 51.0 Å². The zero-order valence-electron chi connectivity index (χ0n) is 11.9. The van der Waals surface area contributed by atoms with Crippen molar-refractivity contribution in [3.8, 4) is 0 Å². The molecule has 1 aliphatic rings. The highest BCUT2D eigenvalue weighted by molar-refractivity contribution is 6.31. The summed E-state index contributed by atoms with van der Waals surface area (Å²) in [5.41, 5.74) is 8.20. The normalized spacial score (nSPS) is 17.2. The molecule has 2 N–H and O–H groups in total. The lowest BCUT2D eigenvalue weighted by Gasteiger charge is -2.31. The average molecular weight is 281 g/mol. The Hall–Kier alpha value is -0.730. The fourth-order valence-corrected chi connectivity index (χ4v) is 3.38. The van der Waals surface area contributed by atoms with Gasteiger partial charge in [-0.05, 0) is 43.5 Å². The van der Waals surface area contributed by atoms with E-state index in [-0.39, 0.29) is 0 Å². The molecule has 0 saturated heterocycles. The van der Waals surface area contributed by atoms with E-state index < -0.39 is 0 Å². The predicted octanol–water partition coefficient (Wildman–Crippen LogP) is 4.00. The first-order valence-corrected chi connectivity index (χ1v) is 7.82. The summed E-state index contributed by atoms with van der Waals surface area (Å²) in [6, 6.07) is 6.85. The number of halogens is 1. The molecule has 3 heteroatoms. The van der Waals surface area contributed by atoms with Crippen molar-refractivity contribution in [3.63, 3.8) is 0 Å². The molecular weight excluding hydrogens is 256 g/mol. The molecule has 1 aromatic rings. The summed E-state index contributed by atoms with van der Waals surface area (Å²) in [4.78, 5) is 2.43. The van der Waals surface area contributed by atoms with Gasteiger partial charge in [0.1, 0.15) is 0 Å². The molecule has 1 saturated carbocycles. The molecule has 0 atom stereocenters. The van der Waals surface area contributed by atoms with Crippen LogP contribution in [0.15, 0.2) is 18.2 Å². The minimum absolute atomic E-state index is 0.648. The molecule has 2 rings (SSSR count). The molecule has 0 aromatic heterocycles. The lowest BCUT2D eigenvalue weighted by molar-refractivity contribution is 0.552. The molecule has 1 aromatic carbocycles. The van der Waals surface area contributed by atoms with Crippen LogP contribution < -0.4 is 10.6 Å². The maximum absolute atomic E-state index is 6.34. The molecular formula is C16H25ClN2. The minimum Gasteiger partial charge on any atom is -0.371 e. The Labute approximate surface area is 121 Å². The van der Waals surface area contributed by atoms with E-state index in [0.717, 1.165) is 11.4 Å². The Morgan fingerprint density at radius 1 is 1.21 bits per heavy atom. The number of benzene rings is 1. The van der Waals surface area contributed by atoms with Crippen LogP contribution in [0.25, 0.3) is 0 Å². The van der Waals surface area contributed by atoms with E-state index in [4.69, 9.17) is 17.3 Å². The Bertz CT molecular complexity index is 398. The Balaban J connectivity index is 2.21. The quantitative estimate of drug-likeness (QED) is 0.845. The zero-order valence-corrected chi connectivity index (χ0v) is 12.6. The third kappa shape index (κ3) is 3.64. The van der Waals surface area contributed by atoms with E-state index in [9.17, 15) is 0 Å². The zero-order chi connectivity index (χ0) is 13.7. The molecule has 2 nitrogen and oxygen atoms in total. The second-order valence-electron chi connectivity index (χ2n) is 5.53. The van der Waals surface area contributed by atoms with Crippen LogP contribution in [0.4, 0.5) is 5.69 Å². The summed E-state index contributed by atoms with van der Waals surface area (Å²) >= 11 is 6.34. The van der Waals surface area contributed by atoms with Crippen molar-refractivity contribution in [2.24, 2.45) is 5.73 Å². The summed E-state index contributed by atoms with van der Waals surface area (Å²) in [6.07, 6.45) is 8.91. The monoisotopic (exact) mass is 280 g/mol. The molecule has 0 heterocycles. The van der Waals surface area contributed by atoms with E-state index in [1.54, 1.807) is 0 Å².